The number of Topliss-reactive ketones (excluding diaryl/α,β-unsaturated/α-hetero) is 1. The number of thiophene rings is 1. The largest absolute Gasteiger partial charge is 0.454 e. The number of carbonyl (C=O) groups is 2. The Hall–Kier alpha value is -2.90. The number of hydrogen-bond donors (Lipinski definition) is 3. The van der Waals surface area contributed by atoms with Crippen molar-refractivity contribution in [1.82, 2.24) is 5.32 Å². The van der Waals surface area contributed by atoms with Crippen LogP contribution in [0.4, 0.5) is 0 Å². The van der Waals surface area contributed by atoms with Crippen molar-refractivity contribution in [2.24, 2.45) is 5.73 Å². The minimum absolute atomic E-state index is 0.235. The molecule has 2 heterocycles. The fourth-order valence-corrected chi connectivity index (χ4v) is 5.54. The Labute approximate surface area is 184 Å². The van der Waals surface area contributed by atoms with Crippen LogP contribution in [-0.2, 0) is 10.3 Å². The van der Waals surface area contributed by atoms with Gasteiger partial charge in [-0.15, -0.1) is 11.3 Å². The molecule has 6 nitrogen and oxygen atoms in total. The molecule has 1 amide bonds. The number of allylic oxidation sites excluding steroid dienone is 2. The van der Waals surface area contributed by atoms with Crippen LogP contribution in [-0.4, -0.2) is 22.6 Å². The molecule has 1 fully saturated rings. The molecule has 0 saturated heterocycles. The minimum Gasteiger partial charge on any atom is -0.454 e. The molecule has 7 heteroatoms. The van der Waals surface area contributed by atoms with Gasteiger partial charge < -0.3 is 20.9 Å². The van der Waals surface area contributed by atoms with E-state index in [4.69, 9.17) is 10.5 Å². The normalized spacial score (nSPS) is 26.4. The predicted molar refractivity (Wildman–Crippen MR) is 118 cm³/mol. The van der Waals surface area contributed by atoms with Crippen LogP contribution in [0.3, 0.4) is 0 Å². The van der Waals surface area contributed by atoms with E-state index in [-0.39, 0.29) is 11.5 Å². The van der Waals surface area contributed by atoms with Crippen molar-refractivity contribution in [2.75, 3.05) is 0 Å². The highest BCUT2D eigenvalue weighted by atomic mass is 32.1. The van der Waals surface area contributed by atoms with Gasteiger partial charge in [0.2, 0.25) is 11.3 Å². The maximum absolute atomic E-state index is 13.9. The summed E-state index contributed by atoms with van der Waals surface area (Å²) in [5, 5.41) is 14.8. The van der Waals surface area contributed by atoms with Gasteiger partial charge in [0.1, 0.15) is 5.75 Å². The maximum atomic E-state index is 13.9. The Balaban J connectivity index is 1.73. The van der Waals surface area contributed by atoms with Gasteiger partial charge in [-0.3, -0.25) is 9.59 Å². The second-order valence-electron chi connectivity index (χ2n) is 8.66. The topological polar surface area (TPSA) is 102 Å². The molecule has 1 aromatic carbocycles. The van der Waals surface area contributed by atoms with E-state index >= 15 is 0 Å². The van der Waals surface area contributed by atoms with Crippen LogP contribution in [0.2, 0.25) is 0 Å². The fourth-order valence-electron chi connectivity index (χ4n) is 4.78. The third-order valence-electron chi connectivity index (χ3n) is 6.39. The van der Waals surface area contributed by atoms with Gasteiger partial charge in [-0.2, -0.15) is 0 Å². The number of fused-ring (bicyclic) bond motifs is 5. The zero-order chi connectivity index (χ0) is 22.1. The first-order chi connectivity index (χ1) is 14.7. The van der Waals surface area contributed by atoms with Gasteiger partial charge in [0.15, 0.2) is 0 Å². The molecule has 31 heavy (non-hydrogen) atoms. The molecule has 1 saturated carbocycles. The number of aliphatic hydroxyl groups is 1. The van der Waals surface area contributed by atoms with Gasteiger partial charge in [0.05, 0.1) is 4.88 Å². The number of amides is 1. The third-order valence-corrected chi connectivity index (χ3v) is 7.39. The van der Waals surface area contributed by atoms with Crippen molar-refractivity contribution in [2.45, 2.75) is 50.9 Å². The van der Waals surface area contributed by atoms with Crippen molar-refractivity contribution in [3.05, 3.63) is 74.1 Å². The number of aryl methyl sites for hydroxylation is 1. The summed E-state index contributed by atoms with van der Waals surface area (Å²) in [6, 6.07) is 9.07. The van der Waals surface area contributed by atoms with Crippen molar-refractivity contribution in [3.8, 4) is 5.75 Å². The van der Waals surface area contributed by atoms with Crippen LogP contribution in [0.25, 0.3) is 0 Å². The van der Waals surface area contributed by atoms with Crippen molar-refractivity contribution < 1.29 is 19.4 Å². The van der Waals surface area contributed by atoms with Crippen LogP contribution in [0.15, 0.2) is 53.3 Å². The van der Waals surface area contributed by atoms with Gasteiger partial charge in [-0.05, 0) is 49.4 Å². The molecule has 0 bridgehead atoms. The monoisotopic (exact) mass is 436 g/mol. The van der Waals surface area contributed by atoms with Gasteiger partial charge in [0, 0.05) is 27.3 Å². The van der Waals surface area contributed by atoms with E-state index in [9.17, 15) is 14.7 Å². The second kappa shape index (κ2) is 6.55. The Kier molecular flexibility index (Phi) is 4.23. The minimum atomic E-state index is -2.05. The second-order valence-corrected chi connectivity index (χ2v) is 9.94. The van der Waals surface area contributed by atoms with Crippen molar-refractivity contribution >= 4 is 23.0 Å². The highest BCUT2D eigenvalue weighted by Gasteiger charge is 2.74. The number of ketones is 1. The first-order valence-corrected chi connectivity index (χ1v) is 11.2. The summed E-state index contributed by atoms with van der Waals surface area (Å²) in [5.41, 5.74) is 6.88. The van der Waals surface area contributed by atoms with Crippen LogP contribution in [0, 0.1) is 6.92 Å². The van der Waals surface area contributed by atoms with Gasteiger partial charge in [0.25, 0.3) is 11.7 Å². The molecule has 2 unspecified atom stereocenters. The zero-order valence-corrected chi connectivity index (χ0v) is 18.4. The molecule has 1 aromatic heterocycles. The molecular formula is C24H24N2O4S. The summed E-state index contributed by atoms with van der Waals surface area (Å²) in [6.07, 6.45) is 2.90. The third kappa shape index (κ3) is 2.53. The Bertz CT molecular complexity index is 1210. The number of ether oxygens (including phenoxy) is 1. The molecule has 3 aliphatic rings. The average Bonchev–Trinajstić information content (AvgIpc) is 3.32. The SMILES string of the molecule is Cc1ccc(C(=O)NC23C(=O)C4=C(N)CCC=C4C2(O)Oc2cc(C(C)C)ccc23)s1. The van der Waals surface area contributed by atoms with E-state index in [0.29, 0.717) is 40.3 Å². The lowest BCUT2D eigenvalue weighted by Crippen LogP contribution is -2.61. The van der Waals surface area contributed by atoms with Crippen LogP contribution >= 0.6 is 11.3 Å². The first-order valence-electron chi connectivity index (χ1n) is 10.4. The highest BCUT2D eigenvalue weighted by Crippen LogP contribution is 2.59. The van der Waals surface area contributed by atoms with E-state index in [0.717, 1.165) is 10.4 Å². The molecular weight excluding hydrogens is 412 g/mol. The maximum Gasteiger partial charge on any atom is 0.270 e. The number of carbonyl (C=O) groups excluding carboxylic acids is 2. The molecule has 2 atom stereocenters. The van der Waals surface area contributed by atoms with Crippen molar-refractivity contribution in [1.29, 1.82) is 0 Å². The van der Waals surface area contributed by atoms with E-state index in [1.54, 1.807) is 18.2 Å². The first kappa shape index (κ1) is 20.0. The van der Waals surface area contributed by atoms with Gasteiger partial charge in [-0.1, -0.05) is 32.1 Å². The van der Waals surface area contributed by atoms with Crippen LogP contribution < -0.4 is 15.8 Å². The van der Waals surface area contributed by atoms with E-state index < -0.39 is 23.0 Å². The molecule has 2 aromatic rings. The van der Waals surface area contributed by atoms with Crippen LogP contribution in [0.1, 0.15) is 58.3 Å². The van der Waals surface area contributed by atoms with E-state index in [1.807, 2.05) is 25.1 Å². The summed E-state index contributed by atoms with van der Waals surface area (Å²) < 4.78 is 6.11. The number of rotatable bonds is 3. The number of nitrogens with two attached hydrogens (primary N) is 1. The summed E-state index contributed by atoms with van der Waals surface area (Å²) in [7, 11) is 0. The zero-order valence-electron chi connectivity index (χ0n) is 17.6. The van der Waals surface area contributed by atoms with Gasteiger partial charge in [-0.25, -0.2) is 0 Å². The molecule has 2 aliphatic carbocycles. The summed E-state index contributed by atoms with van der Waals surface area (Å²) >= 11 is 1.33. The molecule has 0 radical (unpaired) electrons. The molecule has 5 rings (SSSR count). The molecule has 1 aliphatic heterocycles. The number of hydrogen-bond acceptors (Lipinski definition) is 6. The lowest BCUT2D eigenvalue weighted by Gasteiger charge is -2.34. The quantitative estimate of drug-likeness (QED) is 0.685. The average molecular weight is 437 g/mol. The highest BCUT2D eigenvalue weighted by molar-refractivity contribution is 7.13. The number of benzene rings is 1. The standard InChI is InChI=1S/C24H24N2O4S/c1-12(2)14-8-9-15-18(11-14)30-24(29)16-5-4-6-17(25)20(16)21(27)23(15,24)26-22(28)19-10-7-13(3)31-19/h5,7-12,29H,4,6,25H2,1-3H3,(H,26,28). The lowest BCUT2D eigenvalue weighted by molar-refractivity contribution is -0.152. The Morgan fingerprint density at radius 3 is 2.74 bits per heavy atom. The van der Waals surface area contributed by atoms with E-state index in [2.05, 4.69) is 19.2 Å². The molecule has 4 N–H and O–H groups in total. The number of nitrogens with one attached hydrogen (secondary N) is 1. The van der Waals surface area contributed by atoms with E-state index in [1.165, 1.54) is 11.3 Å². The van der Waals surface area contributed by atoms with Crippen LogP contribution in [0.5, 0.6) is 5.75 Å². The predicted octanol–water partition coefficient (Wildman–Crippen LogP) is 3.40. The smallest absolute Gasteiger partial charge is 0.270 e. The summed E-state index contributed by atoms with van der Waals surface area (Å²) in [5.74, 6) is -2.29. The molecule has 160 valence electrons. The van der Waals surface area contributed by atoms with Gasteiger partial charge >= 0.3 is 0 Å². The summed E-state index contributed by atoms with van der Waals surface area (Å²) in [6.45, 7) is 6.02. The van der Waals surface area contributed by atoms with Crippen molar-refractivity contribution in [3.63, 3.8) is 0 Å². The Morgan fingerprint density at radius 1 is 1.29 bits per heavy atom. The lowest BCUT2D eigenvalue weighted by atomic mass is 9.83. The Morgan fingerprint density at radius 2 is 2.06 bits per heavy atom. The fraction of sp³-hybridized carbons (Fsp3) is 0.333. The summed E-state index contributed by atoms with van der Waals surface area (Å²) in [4.78, 5) is 28.5. The molecule has 0 spiro atoms.